The molecule has 0 aromatic heterocycles. The molecule has 0 saturated carbocycles. The summed E-state index contributed by atoms with van der Waals surface area (Å²) in [7, 11) is 1.41. The van der Waals surface area contributed by atoms with E-state index in [0.717, 1.165) is 37.1 Å². The number of allylic oxidation sites excluding steroid dienone is 1. The number of esters is 1. The van der Waals surface area contributed by atoms with Crippen molar-refractivity contribution in [2.24, 2.45) is 0 Å². The number of rotatable bonds is 3. The lowest BCUT2D eigenvalue weighted by molar-refractivity contribution is -0.136. The zero-order chi connectivity index (χ0) is 12.1. The molecule has 0 amide bonds. The zero-order valence-corrected chi connectivity index (χ0v) is 10.3. The molecule has 0 unspecified atom stereocenters. The molecule has 0 aromatic carbocycles. The largest absolute Gasteiger partial charge is 0.466 e. The third-order valence-corrected chi connectivity index (χ3v) is 2.97. The molecule has 1 heterocycles. The van der Waals surface area contributed by atoms with Gasteiger partial charge in [0.2, 0.25) is 0 Å². The van der Waals surface area contributed by atoms with E-state index in [4.69, 9.17) is 4.74 Å². The van der Waals surface area contributed by atoms with Gasteiger partial charge < -0.3 is 9.84 Å². The molecular formula is C12H21NO3. The number of piperidine rings is 1. The molecule has 4 heteroatoms. The van der Waals surface area contributed by atoms with E-state index in [1.54, 1.807) is 0 Å². The van der Waals surface area contributed by atoms with Crippen LogP contribution in [0.4, 0.5) is 0 Å². The molecule has 92 valence electrons. The first-order valence-corrected chi connectivity index (χ1v) is 5.69. The lowest BCUT2D eigenvalue weighted by Crippen LogP contribution is -2.38. The van der Waals surface area contributed by atoms with Crippen LogP contribution in [0.1, 0.15) is 26.7 Å². The highest BCUT2D eigenvalue weighted by atomic mass is 16.5. The van der Waals surface area contributed by atoms with Gasteiger partial charge in [0.15, 0.2) is 0 Å². The predicted molar refractivity (Wildman–Crippen MR) is 62.1 cm³/mol. The second-order valence-corrected chi connectivity index (χ2v) is 4.48. The monoisotopic (exact) mass is 227 g/mol. The number of aliphatic hydroxyl groups excluding tert-OH is 1. The number of methoxy groups -OCH3 is 1. The highest BCUT2D eigenvalue weighted by molar-refractivity contribution is 5.89. The van der Waals surface area contributed by atoms with Gasteiger partial charge in [-0.05, 0) is 26.7 Å². The lowest BCUT2D eigenvalue weighted by atomic mass is 10.1. The molecule has 0 spiro atoms. The zero-order valence-electron chi connectivity index (χ0n) is 10.3. The van der Waals surface area contributed by atoms with Gasteiger partial charge in [0, 0.05) is 25.2 Å². The summed E-state index contributed by atoms with van der Waals surface area (Å²) in [5.74, 6) is -0.244. The van der Waals surface area contributed by atoms with E-state index in [1.165, 1.54) is 7.11 Å². The molecule has 16 heavy (non-hydrogen) atoms. The Kier molecular flexibility index (Phi) is 4.96. The van der Waals surface area contributed by atoms with Crippen LogP contribution < -0.4 is 0 Å². The first-order chi connectivity index (χ1) is 7.54. The van der Waals surface area contributed by atoms with Crippen LogP contribution in [-0.4, -0.2) is 48.8 Å². The van der Waals surface area contributed by atoms with Crippen molar-refractivity contribution in [2.45, 2.75) is 32.8 Å². The minimum Gasteiger partial charge on any atom is -0.466 e. The number of carbonyl (C=O) groups is 1. The van der Waals surface area contributed by atoms with Gasteiger partial charge in [-0.25, -0.2) is 4.79 Å². The molecule has 1 aliphatic heterocycles. The Hall–Kier alpha value is -0.870. The number of ether oxygens (including phenoxy) is 1. The Morgan fingerprint density at radius 3 is 2.38 bits per heavy atom. The molecular weight excluding hydrogens is 206 g/mol. The summed E-state index contributed by atoms with van der Waals surface area (Å²) in [4.78, 5) is 13.7. The third kappa shape index (κ3) is 3.61. The minimum atomic E-state index is -0.244. The van der Waals surface area contributed by atoms with Crippen molar-refractivity contribution < 1.29 is 14.6 Å². The number of nitrogens with zero attached hydrogens (tertiary/aromatic N) is 1. The van der Waals surface area contributed by atoms with Crippen LogP contribution in [0, 0.1) is 0 Å². The summed E-state index contributed by atoms with van der Waals surface area (Å²) < 4.78 is 4.76. The molecule has 4 nitrogen and oxygen atoms in total. The fourth-order valence-electron chi connectivity index (χ4n) is 1.85. The smallest absolute Gasteiger partial charge is 0.334 e. The highest BCUT2D eigenvalue weighted by Crippen LogP contribution is 2.14. The molecule has 0 bridgehead atoms. The number of aliphatic hydroxyl groups is 1. The molecule has 0 aliphatic carbocycles. The van der Waals surface area contributed by atoms with E-state index in [0.29, 0.717) is 6.54 Å². The predicted octanol–water partition coefficient (Wildman–Crippen LogP) is 0.952. The van der Waals surface area contributed by atoms with Crippen molar-refractivity contribution in [3.63, 3.8) is 0 Å². The molecule has 1 N–H and O–H groups in total. The Bertz CT molecular complexity index is 274. The van der Waals surface area contributed by atoms with Gasteiger partial charge in [-0.3, -0.25) is 4.90 Å². The van der Waals surface area contributed by atoms with E-state index >= 15 is 0 Å². The molecule has 1 rings (SSSR count). The van der Waals surface area contributed by atoms with Crippen molar-refractivity contribution in [1.29, 1.82) is 0 Å². The lowest BCUT2D eigenvalue weighted by Gasteiger charge is -2.30. The average molecular weight is 227 g/mol. The summed E-state index contributed by atoms with van der Waals surface area (Å²) in [6.45, 7) is 6.15. The Morgan fingerprint density at radius 1 is 1.38 bits per heavy atom. The number of hydrogen-bond acceptors (Lipinski definition) is 4. The van der Waals surface area contributed by atoms with Gasteiger partial charge in [0.1, 0.15) is 0 Å². The molecule has 0 aromatic rings. The maximum absolute atomic E-state index is 11.5. The van der Waals surface area contributed by atoms with Crippen LogP contribution in [0.5, 0.6) is 0 Å². The standard InChI is InChI=1S/C12H21NO3/c1-9(2)11(12(15)16-3)8-13-6-4-10(14)5-7-13/h10,14H,4-8H2,1-3H3. The fourth-order valence-corrected chi connectivity index (χ4v) is 1.85. The van der Waals surface area contributed by atoms with Crippen molar-refractivity contribution in [3.8, 4) is 0 Å². The van der Waals surface area contributed by atoms with Gasteiger partial charge in [0.25, 0.3) is 0 Å². The summed E-state index contributed by atoms with van der Waals surface area (Å²) >= 11 is 0. The van der Waals surface area contributed by atoms with Crippen molar-refractivity contribution in [3.05, 3.63) is 11.1 Å². The second-order valence-electron chi connectivity index (χ2n) is 4.48. The molecule has 0 atom stereocenters. The van der Waals surface area contributed by atoms with Crippen LogP contribution in [0.15, 0.2) is 11.1 Å². The SMILES string of the molecule is COC(=O)C(CN1CCC(O)CC1)=C(C)C. The van der Waals surface area contributed by atoms with Crippen LogP contribution >= 0.6 is 0 Å². The summed E-state index contributed by atoms with van der Waals surface area (Å²) in [5, 5.41) is 9.40. The van der Waals surface area contributed by atoms with E-state index in [2.05, 4.69) is 4.90 Å². The molecule has 1 saturated heterocycles. The quantitative estimate of drug-likeness (QED) is 0.576. The number of hydrogen-bond donors (Lipinski definition) is 1. The summed E-state index contributed by atoms with van der Waals surface area (Å²) in [5.41, 5.74) is 1.73. The molecule has 1 aliphatic rings. The highest BCUT2D eigenvalue weighted by Gasteiger charge is 2.20. The van der Waals surface area contributed by atoms with Gasteiger partial charge in [0.05, 0.1) is 13.2 Å². The van der Waals surface area contributed by atoms with Crippen LogP contribution in [0.3, 0.4) is 0 Å². The van der Waals surface area contributed by atoms with Gasteiger partial charge in [-0.1, -0.05) is 5.57 Å². The second kappa shape index (κ2) is 6.01. The van der Waals surface area contributed by atoms with Crippen LogP contribution in [0.25, 0.3) is 0 Å². The van der Waals surface area contributed by atoms with E-state index in [9.17, 15) is 9.90 Å². The summed E-state index contributed by atoms with van der Waals surface area (Å²) in [6, 6.07) is 0. The Morgan fingerprint density at radius 2 is 1.94 bits per heavy atom. The first-order valence-electron chi connectivity index (χ1n) is 5.69. The maximum atomic E-state index is 11.5. The minimum absolute atomic E-state index is 0.176. The van der Waals surface area contributed by atoms with Crippen LogP contribution in [0.2, 0.25) is 0 Å². The number of carbonyl (C=O) groups excluding carboxylic acids is 1. The molecule has 1 fully saturated rings. The molecule has 0 radical (unpaired) electrons. The van der Waals surface area contributed by atoms with Gasteiger partial charge >= 0.3 is 5.97 Å². The average Bonchev–Trinajstić information content (AvgIpc) is 2.27. The third-order valence-electron chi connectivity index (χ3n) is 2.97. The van der Waals surface area contributed by atoms with E-state index in [-0.39, 0.29) is 12.1 Å². The summed E-state index contributed by atoms with van der Waals surface area (Å²) in [6.07, 6.45) is 1.40. The van der Waals surface area contributed by atoms with E-state index < -0.39 is 0 Å². The Balaban J connectivity index is 2.57. The van der Waals surface area contributed by atoms with Crippen molar-refractivity contribution in [2.75, 3.05) is 26.7 Å². The first kappa shape index (κ1) is 13.2. The van der Waals surface area contributed by atoms with Gasteiger partial charge in [-0.2, -0.15) is 0 Å². The van der Waals surface area contributed by atoms with Crippen LogP contribution in [-0.2, 0) is 9.53 Å². The van der Waals surface area contributed by atoms with Crippen molar-refractivity contribution >= 4 is 5.97 Å². The van der Waals surface area contributed by atoms with Gasteiger partial charge in [-0.15, -0.1) is 0 Å². The topological polar surface area (TPSA) is 49.8 Å². The normalized spacial score (nSPS) is 18.2. The van der Waals surface area contributed by atoms with Crippen molar-refractivity contribution in [1.82, 2.24) is 4.90 Å². The van der Waals surface area contributed by atoms with E-state index in [1.807, 2.05) is 13.8 Å². The number of likely N-dealkylation sites (tertiary alicyclic amines) is 1. The maximum Gasteiger partial charge on any atom is 0.334 e. The fraction of sp³-hybridized carbons (Fsp3) is 0.750. The Labute approximate surface area is 96.9 Å².